The predicted molar refractivity (Wildman–Crippen MR) is 68.8 cm³/mol. The summed E-state index contributed by atoms with van der Waals surface area (Å²) in [7, 11) is 3.27. The highest BCUT2D eigenvalue weighted by molar-refractivity contribution is 5.64. The Kier molecular flexibility index (Phi) is 3.74. The van der Waals surface area contributed by atoms with Crippen molar-refractivity contribution in [1.29, 1.82) is 0 Å². The van der Waals surface area contributed by atoms with Crippen LogP contribution in [0, 0.1) is 0 Å². The molecule has 94 valence electrons. The highest BCUT2D eigenvalue weighted by Crippen LogP contribution is 2.37. The quantitative estimate of drug-likeness (QED) is 0.785. The first-order valence-corrected chi connectivity index (χ1v) is 5.98. The van der Waals surface area contributed by atoms with E-state index >= 15 is 0 Å². The van der Waals surface area contributed by atoms with Gasteiger partial charge >= 0.3 is 0 Å². The Morgan fingerprint density at radius 3 is 2.35 bits per heavy atom. The molecule has 4 nitrogen and oxygen atoms in total. The average Bonchev–Trinajstić information content (AvgIpc) is 2.40. The molecule has 0 aliphatic carbocycles. The van der Waals surface area contributed by atoms with Gasteiger partial charge in [-0.15, -0.1) is 0 Å². The zero-order valence-electron chi connectivity index (χ0n) is 10.5. The van der Waals surface area contributed by atoms with Crippen LogP contribution in [-0.4, -0.2) is 27.3 Å². The number of hydrogen-bond donors (Lipinski definition) is 2. The third-order valence-electron chi connectivity index (χ3n) is 3.33. The number of rotatable bonds is 3. The predicted octanol–water partition coefficient (Wildman–Crippen LogP) is 1.75. The van der Waals surface area contributed by atoms with Crippen molar-refractivity contribution in [2.45, 2.75) is 18.8 Å². The normalized spacial score (nSPS) is 20.0. The van der Waals surface area contributed by atoms with Crippen LogP contribution in [0.2, 0.25) is 0 Å². The summed E-state index contributed by atoms with van der Waals surface area (Å²) in [6.45, 7) is 2.12. The van der Waals surface area contributed by atoms with Gasteiger partial charge in [0.1, 0.15) is 17.2 Å². The van der Waals surface area contributed by atoms with Crippen molar-refractivity contribution < 1.29 is 9.47 Å². The van der Waals surface area contributed by atoms with Crippen LogP contribution in [0.1, 0.15) is 24.3 Å². The van der Waals surface area contributed by atoms with Gasteiger partial charge in [0.25, 0.3) is 0 Å². The van der Waals surface area contributed by atoms with Gasteiger partial charge in [0, 0.05) is 6.54 Å². The Morgan fingerprint density at radius 1 is 1.24 bits per heavy atom. The fourth-order valence-corrected chi connectivity index (χ4v) is 2.33. The largest absolute Gasteiger partial charge is 0.494 e. The molecular formula is C13H20N2O2. The van der Waals surface area contributed by atoms with Gasteiger partial charge in [-0.3, -0.25) is 0 Å². The van der Waals surface area contributed by atoms with Gasteiger partial charge in [-0.2, -0.15) is 0 Å². The third kappa shape index (κ3) is 2.47. The molecule has 1 atom stereocenters. The molecule has 1 fully saturated rings. The van der Waals surface area contributed by atoms with Gasteiger partial charge in [0.05, 0.1) is 14.2 Å². The molecule has 1 aliphatic heterocycles. The van der Waals surface area contributed by atoms with Crippen LogP contribution in [0.15, 0.2) is 12.1 Å². The number of nitrogens with one attached hydrogen (secondary N) is 1. The number of ether oxygens (including phenoxy) is 2. The summed E-state index contributed by atoms with van der Waals surface area (Å²) < 4.78 is 10.6. The van der Waals surface area contributed by atoms with E-state index in [0.29, 0.717) is 23.1 Å². The first-order chi connectivity index (χ1) is 8.26. The van der Waals surface area contributed by atoms with Gasteiger partial charge in [-0.1, -0.05) is 0 Å². The van der Waals surface area contributed by atoms with Crippen LogP contribution in [0.25, 0.3) is 0 Å². The van der Waals surface area contributed by atoms with Crippen molar-refractivity contribution >= 4 is 5.69 Å². The summed E-state index contributed by atoms with van der Waals surface area (Å²) in [5.74, 6) is 1.92. The minimum Gasteiger partial charge on any atom is -0.494 e. The van der Waals surface area contributed by atoms with E-state index < -0.39 is 0 Å². The molecule has 1 heterocycles. The molecule has 0 amide bonds. The van der Waals surface area contributed by atoms with Crippen molar-refractivity contribution in [3.05, 3.63) is 17.7 Å². The van der Waals surface area contributed by atoms with Crippen LogP contribution in [0.3, 0.4) is 0 Å². The van der Waals surface area contributed by atoms with E-state index in [1.807, 2.05) is 12.1 Å². The van der Waals surface area contributed by atoms with Crippen molar-refractivity contribution in [2.24, 2.45) is 0 Å². The van der Waals surface area contributed by atoms with Gasteiger partial charge in [-0.05, 0) is 43.0 Å². The molecule has 1 aliphatic rings. The first-order valence-electron chi connectivity index (χ1n) is 5.98. The molecule has 0 aromatic heterocycles. The van der Waals surface area contributed by atoms with Crippen LogP contribution < -0.4 is 20.5 Å². The standard InChI is InChI=1S/C13H20N2O2/c1-16-11-6-10(7-12(17-2)13(11)14)9-4-3-5-15-8-9/h6-7,9,15H,3-5,8,14H2,1-2H3. The van der Waals surface area contributed by atoms with Crippen LogP contribution >= 0.6 is 0 Å². The number of nitrogen functional groups attached to an aromatic ring is 1. The van der Waals surface area contributed by atoms with Crippen molar-refractivity contribution in [2.75, 3.05) is 33.0 Å². The Labute approximate surface area is 102 Å². The number of benzene rings is 1. The summed E-state index contributed by atoms with van der Waals surface area (Å²) in [4.78, 5) is 0. The molecule has 4 heteroatoms. The average molecular weight is 236 g/mol. The monoisotopic (exact) mass is 236 g/mol. The van der Waals surface area contributed by atoms with Gasteiger partial charge < -0.3 is 20.5 Å². The number of methoxy groups -OCH3 is 2. The lowest BCUT2D eigenvalue weighted by Gasteiger charge is -2.24. The second kappa shape index (κ2) is 5.27. The first kappa shape index (κ1) is 12.0. The minimum absolute atomic E-state index is 0.521. The molecule has 17 heavy (non-hydrogen) atoms. The van der Waals surface area contributed by atoms with E-state index in [1.54, 1.807) is 14.2 Å². The van der Waals surface area contributed by atoms with Gasteiger partial charge in [0.2, 0.25) is 0 Å². The number of piperidine rings is 1. The second-order valence-electron chi connectivity index (χ2n) is 4.38. The number of anilines is 1. The molecule has 2 rings (SSSR count). The number of hydrogen-bond acceptors (Lipinski definition) is 4. The van der Waals surface area contributed by atoms with E-state index in [1.165, 1.54) is 18.4 Å². The molecule has 3 N–H and O–H groups in total. The summed E-state index contributed by atoms with van der Waals surface area (Å²) >= 11 is 0. The maximum atomic E-state index is 5.94. The van der Waals surface area contributed by atoms with E-state index in [2.05, 4.69) is 5.32 Å². The lowest BCUT2D eigenvalue weighted by molar-refractivity contribution is 0.394. The third-order valence-corrected chi connectivity index (χ3v) is 3.33. The van der Waals surface area contributed by atoms with Crippen molar-refractivity contribution in [3.8, 4) is 11.5 Å². The van der Waals surface area contributed by atoms with E-state index in [4.69, 9.17) is 15.2 Å². The van der Waals surface area contributed by atoms with Gasteiger partial charge in [-0.25, -0.2) is 0 Å². The molecule has 1 unspecified atom stereocenters. The van der Waals surface area contributed by atoms with Crippen LogP contribution in [-0.2, 0) is 0 Å². The lowest BCUT2D eigenvalue weighted by Crippen LogP contribution is -2.28. The second-order valence-corrected chi connectivity index (χ2v) is 4.38. The zero-order valence-corrected chi connectivity index (χ0v) is 10.5. The Bertz CT molecular complexity index is 362. The lowest BCUT2D eigenvalue weighted by atomic mass is 9.91. The molecule has 0 bridgehead atoms. The molecule has 0 radical (unpaired) electrons. The molecule has 1 aromatic rings. The summed E-state index contributed by atoms with van der Waals surface area (Å²) in [6, 6.07) is 4.05. The van der Waals surface area contributed by atoms with Crippen LogP contribution in [0.5, 0.6) is 11.5 Å². The summed E-state index contributed by atoms with van der Waals surface area (Å²) in [5, 5.41) is 3.41. The highest BCUT2D eigenvalue weighted by atomic mass is 16.5. The maximum Gasteiger partial charge on any atom is 0.145 e. The molecule has 0 saturated carbocycles. The minimum atomic E-state index is 0.521. The van der Waals surface area contributed by atoms with Crippen LogP contribution in [0.4, 0.5) is 5.69 Å². The fourth-order valence-electron chi connectivity index (χ4n) is 2.33. The van der Waals surface area contributed by atoms with Gasteiger partial charge in [0.15, 0.2) is 0 Å². The summed E-state index contributed by atoms with van der Waals surface area (Å²) in [5.41, 5.74) is 7.75. The zero-order chi connectivity index (χ0) is 12.3. The summed E-state index contributed by atoms with van der Waals surface area (Å²) in [6.07, 6.45) is 2.41. The molecular weight excluding hydrogens is 216 g/mol. The Hall–Kier alpha value is -1.42. The molecule has 0 spiro atoms. The number of nitrogens with two attached hydrogens (primary N) is 1. The maximum absolute atomic E-state index is 5.94. The van der Waals surface area contributed by atoms with Crippen molar-refractivity contribution in [3.63, 3.8) is 0 Å². The molecule has 1 saturated heterocycles. The van der Waals surface area contributed by atoms with E-state index in [-0.39, 0.29) is 0 Å². The van der Waals surface area contributed by atoms with Crippen molar-refractivity contribution in [1.82, 2.24) is 5.32 Å². The SMILES string of the molecule is COc1cc(C2CCCNC2)cc(OC)c1N. The fraction of sp³-hybridized carbons (Fsp3) is 0.538. The smallest absolute Gasteiger partial charge is 0.145 e. The Morgan fingerprint density at radius 2 is 1.88 bits per heavy atom. The topological polar surface area (TPSA) is 56.5 Å². The van der Waals surface area contributed by atoms with E-state index in [9.17, 15) is 0 Å². The Balaban J connectivity index is 2.33. The highest BCUT2D eigenvalue weighted by Gasteiger charge is 2.18. The molecule has 1 aromatic carbocycles. The van der Waals surface area contributed by atoms with E-state index in [0.717, 1.165) is 13.1 Å².